The summed E-state index contributed by atoms with van der Waals surface area (Å²) in [6.45, 7) is 0. The summed E-state index contributed by atoms with van der Waals surface area (Å²) in [6, 6.07) is 13.9. The molecule has 142 valence electrons. The number of thioether (sulfide) groups is 1. The number of hydrogen-bond donors (Lipinski definition) is 3. The third-order valence-corrected chi connectivity index (χ3v) is 5.16. The molecule has 0 aliphatic heterocycles. The van der Waals surface area contributed by atoms with Gasteiger partial charge in [0.15, 0.2) is 5.78 Å². The minimum atomic E-state index is -1.53. The van der Waals surface area contributed by atoms with E-state index in [1.54, 1.807) is 24.3 Å². The van der Waals surface area contributed by atoms with Crippen molar-refractivity contribution in [1.29, 1.82) is 0 Å². The lowest BCUT2D eigenvalue weighted by Gasteiger charge is -2.08. The highest BCUT2D eigenvalue weighted by Gasteiger charge is 2.15. The van der Waals surface area contributed by atoms with Gasteiger partial charge in [0.2, 0.25) is 0 Å². The molecule has 0 spiro atoms. The normalized spacial score (nSPS) is 10.7. The third-order valence-electron chi connectivity index (χ3n) is 4.17. The molecule has 0 unspecified atom stereocenters. The number of carbonyl (C=O) groups excluding carboxylic acids is 1. The van der Waals surface area contributed by atoms with Crippen LogP contribution >= 0.6 is 11.8 Å². The molecule has 0 saturated heterocycles. The maximum absolute atomic E-state index is 13.0. The van der Waals surface area contributed by atoms with Crippen LogP contribution in [0.2, 0.25) is 0 Å². The van der Waals surface area contributed by atoms with E-state index < -0.39 is 12.9 Å². The molecule has 2 aromatic carbocycles. The van der Waals surface area contributed by atoms with Gasteiger partial charge in [-0.3, -0.25) is 4.79 Å². The summed E-state index contributed by atoms with van der Waals surface area (Å²) in [5.74, 6) is -0.553. The van der Waals surface area contributed by atoms with Crippen LogP contribution in [0.15, 0.2) is 65.8 Å². The minimum Gasteiger partial charge on any atom is -0.508 e. The lowest BCUT2D eigenvalue weighted by molar-refractivity contribution is 0.0991. The van der Waals surface area contributed by atoms with Crippen molar-refractivity contribution in [1.82, 2.24) is 4.98 Å². The molecular formula is C20H17BFNO4S. The molecule has 3 aromatic rings. The Balaban J connectivity index is 1.64. The molecule has 0 atom stereocenters. The van der Waals surface area contributed by atoms with Gasteiger partial charge in [-0.1, -0.05) is 30.3 Å². The molecule has 0 bridgehead atoms. The number of phenolic OH excluding ortho intramolecular Hbond substituents is 1. The van der Waals surface area contributed by atoms with Gasteiger partial charge in [-0.2, -0.15) is 0 Å². The van der Waals surface area contributed by atoms with Gasteiger partial charge < -0.3 is 15.2 Å². The number of pyridine rings is 1. The molecule has 0 aliphatic rings. The third kappa shape index (κ3) is 4.98. The quantitative estimate of drug-likeness (QED) is 0.322. The molecule has 3 N–H and O–H groups in total. The molecule has 0 radical (unpaired) electrons. The van der Waals surface area contributed by atoms with Crippen LogP contribution < -0.4 is 5.46 Å². The number of nitrogens with zero attached hydrogens (tertiary/aromatic N) is 1. The second-order valence-electron chi connectivity index (χ2n) is 6.12. The first-order valence-electron chi connectivity index (χ1n) is 8.47. The first-order valence-corrected chi connectivity index (χ1v) is 9.46. The van der Waals surface area contributed by atoms with Crippen molar-refractivity contribution in [2.45, 2.75) is 17.2 Å². The highest BCUT2D eigenvalue weighted by Crippen LogP contribution is 2.22. The number of phenols is 1. The predicted octanol–water partition coefficient (Wildman–Crippen LogP) is 2.32. The van der Waals surface area contributed by atoms with E-state index in [1.165, 1.54) is 30.1 Å². The highest BCUT2D eigenvalue weighted by molar-refractivity contribution is 7.98. The molecule has 1 aromatic heterocycles. The molecule has 3 rings (SSSR count). The average Bonchev–Trinajstić information content (AvgIpc) is 2.69. The first kappa shape index (κ1) is 20.1. The Morgan fingerprint density at radius 1 is 1.07 bits per heavy atom. The molecule has 8 heteroatoms. The van der Waals surface area contributed by atoms with Crippen molar-refractivity contribution >= 4 is 30.1 Å². The highest BCUT2D eigenvalue weighted by atomic mass is 32.2. The minimum absolute atomic E-state index is 0.0535. The molecule has 0 aliphatic carbocycles. The summed E-state index contributed by atoms with van der Waals surface area (Å²) in [4.78, 5) is 16.6. The molecule has 0 fully saturated rings. The van der Waals surface area contributed by atoms with Crippen molar-refractivity contribution in [3.63, 3.8) is 0 Å². The standard InChI is InChI=1S/C20H17BFNO4S/c22-16-7-5-13(19(25)10-16)9-18(24)14-6-8-20(23-11-14)28-12-15-3-1-2-4-17(15)21(26)27/h1-8,10-11,25-27H,9,12H2. The molecule has 0 amide bonds. The van der Waals surface area contributed by atoms with E-state index in [2.05, 4.69) is 4.98 Å². The number of benzene rings is 2. The number of rotatable bonds is 7. The Bertz CT molecular complexity index is 982. The van der Waals surface area contributed by atoms with E-state index in [0.717, 1.165) is 11.6 Å². The van der Waals surface area contributed by atoms with Gasteiger partial charge in [0.1, 0.15) is 11.6 Å². The Labute approximate surface area is 166 Å². The SMILES string of the molecule is O=C(Cc1ccc(F)cc1O)c1ccc(SCc2ccccc2B(O)O)nc1. The van der Waals surface area contributed by atoms with Crippen LogP contribution in [0.3, 0.4) is 0 Å². The Morgan fingerprint density at radius 2 is 1.86 bits per heavy atom. The number of carbonyl (C=O) groups is 1. The summed E-state index contributed by atoms with van der Waals surface area (Å²) in [6.07, 6.45) is 1.40. The van der Waals surface area contributed by atoms with Crippen molar-refractivity contribution in [3.05, 3.63) is 83.3 Å². The maximum Gasteiger partial charge on any atom is 0.488 e. The number of hydrogen-bond acceptors (Lipinski definition) is 6. The smallest absolute Gasteiger partial charge is 0.488 e. The van der Waals surface area contributed by atoms with Gasteiger partial charge >= 0.3 is 7.12 Å². The fourth-order valence-electron chi connectivity index (χ4n) is 2.66. The van der Waals surface area contributed by atoms with E-state index in [1.807, 2.05) is 12.1 Å². The topological polar surface area (TPSA) is 90.7 Å². The second kappa shape index (κ2) is 9.01. The number of Topliss-reactive ketones (excluding diaryl/α,β-unsaturated/α-hetero) is 1. The fraction of sp³-hybridized carbons (Fsp3) is 0.100. The lowest BCUT2D eigenvalue weighted by Crippen LogP contribution is -2.32. The van der Waals surface area contributed by atoms with Crippen LogP contribution in [0.5, 0.6) is 5.75 Å². The van der Waals surface area contributed by atoms with Gasteiger partial charge in [-0.15, -0.1) is 11.8 Å². The van der Waals surface area contributed by atoms with Crippen LogP contribution in [-0.4, -0.2) is 33.0 Å². The first-order chi connectivity index (χ1) is 13.4. The average molecular weight is 397 g/mol. The van der Waals surface area contributed by atoms with Crippen molar-refractivity contribution < 1.29 is 24.3 Å². The number of ketones is 1. The van der Waals surface area contributed by atoms with Crippen molar-refractivity contribution in [3.8, 4) is 5.75 Å². The second-order valence-corrected chi connectivity index (χ2v) is 7.11. The maximum atomic E-state index is 13.0. The summed E-state index contributed by atoms with van der Waals surface area (Å²) in [5.41, 5.74) is 1.97. The van der Waals surface area contributed by atoms with Crippen LogP contribution in [0.4, 0.5) is 4.39 Å². The van der Waals surface area contributed by atoms with Crippen LogP contribution in [-0.2, 0) is 12.2 Å². The number of aromatic nitrogens is 1. The zero-order valence-electron chi connectivity index (χ0n) is 14.7. The summed E-state index contributed by atoms with van der Waals surface area (Å²) >= 11 is 1.41. The fourth-order valence-corrected chi connectivity index (χ4v) is 3.52. The van der Waals surface area contributed by atoms with Gasteiger partial charge in [-0.25, -0.2) is 9.37 Å². The predicted molar refractivity (Wildman–Crippen MR) is 106 cm³/mol. The Kier molecular flexibility index (Phi) is 6.46. The largest absolute Gasteiger partial charge is 0.508 e. The zero-order valence-corrected chi connectivity index (χ0v) is 15.6. The van der Waals surface area contributed by atoms with Crippen molar-refractivity contribution in [2.24, 2.45) is 0 Å². The van der Waals surface area contributed by atoms with E-state index >= 15 is 0 Å². The molecule has 5 nitrogen and oxygen atoms in total. The van der Waals surface area contributed by atoms with E-state index in [9.17, 15) is 24.3 Å². The van der Waals surface area contributed by atoms with E-state index in [0.29, 0.717) is 27.4 Å². The van der Waals surface area contributed by atoms with Crippen molar-refractivity contribution in [2.75, 3.05) is 0 Å². The van der Waals surface area contributed by atoms with Gasteiger partial charge in [0.05, 0.1) is 5.03 Å². The van der Waals surface area contributed by atoms with E-state index in [4.69, 9.17) is 0 Å². The monoisotopic (exact) mass is 397 g/mol. The molecular weight excluding hydrogens is 380 g/mol. The van der Waals surface area contributed by atoms with Gasteiger partial charge in [0, 0.05) is 35.6 Å². The zero-order chi connectivity index (χ0) is 20.1. The van der Waals surface area contributed by atoms with Gasteiger partial charge in [0.25, 0.3) is 0 Å². The Morgan fingerprint density at radius 3 is 2.54 bits per heavy atom. The summed E-state index contributed by atoms with van der Waals surface area (Å²) in [7, 11) is -1.53. The lowest BCUT2D eigenvalue weighted by atomic mass is 9.77. The van der Waals surface area contributed by atoms with E-state index in [-0.39, 0.29) is 18.0 Å². The summed E-state index contributed by atoms with van der Waals surface area (Å²) < 4.78 is 13.0. The van der Waals surface area contributed by atoms with Crippen LogP contribution in [0.25, 0.3) is 0 Å². The molecule has 28 heavy (non-hydrogen) atoms. The van der Waals surface area contributed by atoms with Gasteiger partial charge in [-0.05, 0) is 29.2 Å². The number of halogens is 1. The Hall–Kier alpha value is -2.68. The molecule has 0 saturated carbocycles. The number of aromatic hydroxyl groups is 1. The van der Waals surface area contributed by atoms with Crippen LogP contribution in [0, 0.1) is 5.82 Å². The van der Waals surface area contributed by atoms with Crippen LogP contribution in [0.1, 0.15) is 21.5 Å². The molecule has 1 heterocycles. The summed E-state index contributed by atoms with van der Waals surface area (Å²) in [5, 5.41) is 29.2.